The van der Waals surface area contributed by atoms with Crippen LogP contribution in [0.25, 0.3) is 11.1 Å². The highest BCUT2D eigenvalue weighted by atomic mass is 16.4. The van der Waals surface area contributed by atoms with Gasteiger partial charge in [-0.05, 0) is 32.4 Å². The van der Waals surface area contributed by atoms with E-state index in [1.807, 2.05) is 24.3 Å². The first kappa shape index (κ1) is 11.0. The van der Waals surface area contributed by atoms with E-state index in [9.17, 15) is 0 Å². The third kappa shape index (κ3) is 2.35. The van der Waals surface area contributed by atoms with Crippen LogP contribution < -0.4 is 5.32 Å². The number of fused-ring (bicyclic) bond motifs is 1. The Bertz CT molecular complexity index is 440. The zero-order valence-corrected chi connectivity index (χ0v) is 10.1. The molecule has 0 radical (unpaired) electrons. The van der Waals surface area contributed by atoms with Gasteiger partial charge in [-0.15, -0.1) is 0 Å². The van der Waals surface area contributed by atoms with Gasteiger partial charge in [0.1, 0.15) is 5.52 Å². The monoisotopic (exact) mass is 218 g/mol. The van der Waals surface area contributed by atoms with Gasteiger partial charge in [0.15, 0.2) is 5.58 Å². The molecule has 3 nitrogen and oxygen atoms in total. The van der Waals surface area contributed by atoms with E-state index in [1.54, 1.807) is 0 Å². The van der Waals surface area contributed by atoms with E-state index in [0.717, 1.165) is 23.9 Å². The Kier molecular flexibility index (Phi) is 2.86. The third-order valence-corrected chi connectivity index (χ3v) is 2.61. The van der Waals surface area contributed by atoms with Crippen LogP contribution in [-0.2, 0) is 0 Å². The standard InChI is InChI=1S/C13H18N2O/c1-4-9-13(2,3)15-12-14-10-7-5-6-8-11(10)16-12/h5-8H,4,9H2,1-3H3,(H,14,15). The molecule has 2 rings (SSSR count). The summed E-state index contributed by atoms with van der Waals surface area (Å²) >= 11 is 0. The fraction of sp³-hybridized carbons (Fsp3) is 0.462. The van der Waals surface area contributed by atoms with Gasteiger partial charge in [0.05, 0.1) is 0 Å². The molecule has 0 spiro atoms. The number of hydrogen-bond acceptors (Lipinski definition) is 3. The molecule has 16 heavy (non-hydrogen) atoms. The summed E-state index contributed by atoms with van der Waals surface area (Å²) in [5, 5.41) is 3.33. The molecule has 0 aliphatic rings. The Hall–Kier alpha value is -1.51. The quantitative estimate of drug-likeness (QED) is 0.847. The van der Waals surface area contributed by atoms with Crippen molar-refractivity contribution in [2.24, 2.45) is 0 Å². The van der Waals surface area contributed by atoms with Gasteiger partial charge in [-0.3, -0.25) is 0 Å². The Morgan fingerprint density at radius 2 is 2.06 bits per heavy atom. The first-order chi connectivity index (χ1) is 7.61. The maximum absolute atomic E-state index is 5.63. The van der Waals surface area contributed by atoms with E-state index in [0.29, 0.717) is 6.01 Å². The van der Waals surface area contributed by atoms with Crippen LogP contribution in [0, 0.1) is 0 Å². The zero-order valence-electron chi connectivity index (χ0n) is 10.1. The molecule has 2 aromatic rings. The molecule has 0 saturated heterocycles. The van der Waals surface area contributed by atoms with Crippen LogP contribution >= 0.6 is 0 Å². The van der Waals surface area contributed by atoms with E-state index in [4.69, 9.17) is 4.42 Å². The van der Waals surface area contributed by atoms with E-state index < -0.39 is 0 Å². The summed E-state index contributed by atoms with van der Waals surface area (Å²) in [6.07, 6.45) is 2.23. The lowest BCUT2D eigenvalue weighted by molar-refractivity contribution is 0.483. The first-order valence-electron chi connectivity index (χ1n) is 5.74. The van der Waals surface area contributed by atoms with E-state index in [2.05, 4.69) is 31.1 Å². The summed E-state index contributed by atoms with van der Waals surface area (Å²) in [5.74, 6) is 0. The molecule has 0 amide bonds. The number of benzene rings is 1. The highest BCUT2D eigenvalue weighted by Gasteiger charge is 2.18. The zero-order chi connectivity index (χ0) is 11.6. The van der Waals surface area contributed by atoms with Crippen molar-refractivity contribution in [2.45, 2.75) is 39.2 Å². The van der Waals surface area contributed by atoms with Gasteiger partial charge in [0.2, 0.25) is 0 Å². The SMILES string of the molecule is CCCC(C)(C)Nc1nc2ccccc2o1. The molecular formula is C13H18N2O. The van der Waals surface area contributed by atoms with Crippen LogP contribution in [0.5, 0.6) is 0 Å². The summed E-state index contributed by atoms with van der Waals surface area (Å²) < 4.78 is 5.63. The predicted molar refractivity (Wildman–Crippen MR) is 66.6 cm³/mol. The second kappa shape index (κ2) is 4.16. The van der Waals surface area contributed by atoms with Crippen molar-refractivity contribution in [1.29, 1.82) is 0 Å². The molecule has 1 aromatic heterocycles. The van der Waals surface area contributed by atoms with Gasteiger partial charge in [-0.25, -0.2) is 0 Å². The van der Waals surface area contributed by atoms with Gasteiger partial charge in [-0.1, -0.05) is 25.5 Å². The van der Waals surface area contributed by atoms with Crippen molar-refractivity contribution in [1.82, 2.24) is 4.98 Å². The number of anilines is 1. The molecule has 1 N–H and O–H groups in total. The molecular weight excluding hydrogens is 200 g/mol. The summed E-state index contributed by atoms with van der Waals surface area (Å²) in [5.41, 5.74) is 1.75. The minimum Gasteiger partial charge on any atom is -0.424 e. The van der Waals surface area contributed by atoms with Crippen LogP contribution in [0.15, 0.2) is 28.7 Å². The molecule has 0 aliphatic heterocycles. The molecule has 0 saturated carbocycles. The molecule has 3 heteroatoms. The average Bonchev–Trinajstić information content (AvgIpc) is 2.58. The van der Waals surface area contributed by atoms with Crippen molar-refractivity contribution in [3.8, 4) is 0 Å². The lowest BCUT2D eigenvalue weighted by Crippen LogP contribution is -2.30. The smallest absolute Gasteiger partial charge is 0.296 e. The topological polar surface area (TPSA) is 38.1 Å². The summed E-state index contributed by atoms with van der Waals surface area (Å²) in [6, 6.07) is 8.41. The van der Waals surface area contributed by atoms with Gasteiger partial charge in [0, 0.05) is 5.54 Å². The highest BCUT2D eigenvalue weighted by Crippen LogP contribution is 2.23. The van der Waals surface area contributed by atoms with Crippen molar-refractivity contribution in [3.05, 3.63) is 24.3 Å². The Morgan fingerprint density at radius 1 is 1.31 bits per heavy atom. The van der Waals surface area contributed by atoms with Gasteiger partial charge < -0.3 is 9.73 Å². The van der Waals surface area contributed by atoms with Crippen molar-refractivity contribution in [2.75, 3.05) is 5.32 Å². The first-order valence-corrected chi connectivity index (χ1v) is 5.74. The Balaban J connectivity index is 2.21. The van der Waals surface area contributed by atoms with Crippen molar-refractivity contribution < 1.29 is 4.42 Å². The lowest BCUT2D eigenvalue weighted by Gasteiger charge is -2.24. The number of para-hydroxylation sites is 2. The molecule has 86 valence electrons. The minimum absolute atomic E-state index is 0.0234. The molecule has 0 atom stereocenters. The highest BCUT2D eigenvalue weighted by molar-refractivity contribution is 5.74. The summed E-state index contributed by atoms with van der Waals surface area (Å²) in [6.45, 7) is 6.49. The van der Waals surface area contributed by atoms with Gasteiger partial charge in [-0.2, -0.15) is 4.98 Å². The van der Waals surface area contributed by atoms with Crippen LogP contribution in [0.2, 0.25) is 0 Å². The van der Waals surface area contributed by atoms with Crippen molar-refractivity contribution >= 4 is 17.1 Å². The van der Waals surface area contributed by atoms with Crippen LogP contribution in [-0.4, -0.2) is 10.5 Å². The lowest BCUT2D eigenvalue weighted by atomic mass is 9.99. The van der Waals surface area contributed by atoms with E-state index >= 15 is 0 Å². The fourth-order valence-corrected chi connectivity index (χ4v) is 1.90. The molecule has 0 unspecified atom stereocenters. The maximum atomic E-state index is 5.63. The normalized spacial score (nSPS) is 11.9. The number of aromatic nitrogens is 1. The summed E-state index contributed by atoms with van der Waals surface area (Å²) in [7, 11) is 0. The molecule has 0 bridgehead atoms. The molecule has 1 aromatic carbocycles. The molecule has 0 fully saturated rings. The second-order valence-electron chi connectivity index (χ2n) is 4.75. The third-order valence-electron chi connectivity index (χ3n) is 2.61. The second-order valence-corrected chi connectivity index (χ2v) is 4.75. The van der Waals surface area contributed by atoms with Crippen LogP contribution in [0.1, 0.15) is 33.6 Å². The van der Waals surface area contributed by atoms with Crippen LogP contribution in [0.3, 0.4) is 0 Å². The Morgan fingerprint density at radius 3 is 2.75 bits per heavy atom. The van der Waals surface area contributed by atoms with Crippen molar-refractivity contribution in [3.63, 3.8) is 0 Å². The molecule has 0 aliphatic carbocycles. The van der Waals surface area contributed by atoms with Crippen LogP contribution in [0.4, 0.5) is 6.01 Å². The number of rotatable bonds is 4. The Labute approximate surface area is 95.9 Å². The minimum atomic E-state index is 0.0234. The molecule has 1 heterocycles. The average molecular weight is 218 g/mol. The fourth-order valence-electron chi connectivity index (χ4n) is 1.90. The van der Waals surface area contributed by atoms with E-state index in [-0.39, 0.29) is 5.54 Å². The number of nitrogens with zero attached hydrogens (tertiary/aromatic N) is 1. The predicted octanol–water partition coefficient (Wildman–Crippen LogP) is 3.82. The number of nitrogens with one attached hydrogen (secondary N) is 1. The van der Waals surface area contributed by atoms with Gasteiger partial charge in [0.25, 0.3) is 6.01 Å². The number of oxazole rings is 1. The summed E-state index contributed by atoms with van der Waals surface area (Å²) in [4.78, 5) is 4.40. The largest absolute Gasteiger partial charge is 0.424 e. The number of hydrogen-bond donors (Lipinski definition) is 1. The van der Waals surface area contributed by atoms with E-state index in [1.165, 1.54) is 0 Å². The van der Waals surface area contributed by atoms with Gasteiger partial charge >= 0.3 is 0 Å². The maximum Gasteiger partial charge on any atom is 0.296 e.